The molecule has 2 heterocycles. The second-order valence-electron chi connectivity index (χ2n) is 6.61. The Kier molecular flexibility index (Phi) is 10.7. The van der Waals surface area contributed by atoms with Crippen molar-refractivity contribution in [1.82, 2.24) is 9.88 Å². The largest absolute Gasteiger partial charge is 0.306 e. The van der Waals surface area contributed by atoms with Crippen LogP contribution in [0.25, 0.3) is 0 Å². The van der Waals surface area contributed by atoms with Gasteiger partial charge >= 0.3 is 0 Å². The molecule has 0 spiro atoms. The zero-order valence-electron chi connectivity index (χ0n) is 16.2. The zero-order chi connectivity index (χ0) is 17.9. The molecule has 0 unspecified atom stereocenters. The molecule has 0 radical (unpaired) electrons. The number of aldehydes is 1. The summed E-state index contributed by atoms with van der Waals surface area (Å²) in [5.74, 6) is 0.751. The third-order valence-electron chi connectivity index (χ3n) is 4.33. The number of aryl methyl sites for hydroxylation is 1. The van der Waals surface area contributed by atoms with Crippen LogP contribution in [-0.2, 0) is 10.2 Å². The molecule has 132 valence electrons. The van der Waals surface area contributed by atoms with Crippen LogP contribution in [0.3, 0.4) is 0 Å². The number of hydrogen-bond donors (Lipinski definition) is 0. The van der Waals surface area contributed by atoms with E-state index in [1.807, 2.05) is 26.2 Å². The number of likely N-dealkylation sites (tertiary alicyclic amines) is 1. The van der Waals surface area contributed by atoms with E-state index in [-0.39, 0.29) is 0 Å². The van der Waals surface area contributed by atoms with E-state index in [2.05, 4.69) is 43.8 Å². The highest BCUT2D eigenvalue weighted by molar-refractivity contribution is 5.44. The van der Waals surface area contributed by atoms with Crippen molar-refractivity contribution in [3.8, 4) is 0 Å². The maximum atomic E-state index is 8.81. The van der Waals surface area contributed by atoms with Gasteiger partial charge in [0.15, 0.2) is 0 Å². The second kappa shape index (κ2) is 11.3. The van der Waals surface area contributed by atoms with Crippen molar-refractivity contribution in [2.45, 2.75) is 66.2 Å². The molecule has 1 aromatic rings. The van der Waals surface area contributed by atoms with Gasteiger partial charge in [-0.1, -0.05) is 27.7 Å². The third-order valence-corrected chi connectivity index (χ3v) is 4.33. The summed E-state index contributed by atoms with van der Waals surface area (Å²) >= 11 is 0. The minimum atomic E-state index is 0.383. The van der Waals surface area contributed by atoms with Crippen LogP contribution in [0.4, 0.5) is 0 Å². The van der Waals surface area contributed by atoms with Gasteiger partial charge in [-0.3, -0.25) is 4.98 Å². The Morgan fingerprint density at radius 3 is 2.26 bits per heavy atom. The molecule has 3 nitrogen and oxygen atoms in total. The van der Waals surface area contributed by atoms with Crippen molar-refractivity contribution in [3.05, 3.63) is 29.6 Å². The van der Waals surface area contributed by atoms with E-state index in [9.17, 15) is 0 Å². The van der Waals surface area contributed by atoms with Gasteiger partial charge in [-0.25, -0.2) is 0 Å². The number of pyridine rings is 1. The van der Waals surface area contributed by atoms with Gasteiger partial charge in [0.05, 0.1) is 0 Å². The third kappa shape index (κ3) is 6.82. The number of carbonyl (C=O) groups excluding carboxylic acids is 1. The molecule has 2 rings (SSSR count). The number of aromatic nitrogens is 1. The molecule has 1 aliphatic rings. The molecule has 1 fully saturated rings. The van der Waals surface area contributed by atoms with Gasteiger partial charge in [0.25, 0.3) is 0 Å². The lowest BCUT2D eigenvalue weighted by Gasteiger charge is -2.43. The van der Waals surface area contributed by atoms with Gasteiger partial charge in [0.2, 0.25) is 0 Å². The Morgan fingerprint density at radius 2 is 1.83 bits per heavy atom. The van der Waals surface area contributed by atoms with E-state index < -0.39 is 0 Å². The molecule has 1 saturated heterocycles. The molecule has 0 aromatic carbocycles. The van der Waals surface area contributed by atoms with Gasteiger partial charge in [0.1, 0.15) is 6.29 Å². The van der Waals surface area contributed by atoms with Gasteiger partial charge in [-0.2, -0.15) is 0 Å². The second-order valence-corrected chi connectivity index (χ2v) is 6.61. The lowest BCUT2D eigenvalue weighted by atomic mass is 9.67. The van der Waals surface area contributed by atoms with Crippen molar-refractivity contribution in [2.75, 3.05) is 20.1 Å². The van der Waals surface area contributed by atoms with E-state index in [1.54, 1.807) is 5.56 Å². The van der Waals surface area contributed by atoms with Gasteiger partial charge in [-0.05, 0) is 81.8 Å². The van der Waals surface area contributed by atoms with E-state index in [4.69, 9.17) is 4.79 Å². The highest BCUT2D eigenvalue weighted by atomic mass is 16.1. The Bertz CT molecular complexity index is 435. The van der Waals surface area contributed by atoms with Crippen LogP contribution in [-0.4, -0.2) is 36.3 Å². The van der Waals surface area contributed by atoms with Gasteiger partial charge in [0, 0.05) is 12.4 Å². The number of rotatable bonds is 3. The van der Waals surface area contributed by atoms with Crippen LogP contribution in [0, 0.1) is 12.8 Å². The highest BCUT2D eigenvalue weighted by Crippen LogP contribution is 2.41. The van der Waals surface area contributed by atoms with Crippen LogP contribution in [0.15, 0.2) is 18.5 Å². The average Bonchev–Trinajstić information content (AvgIpc) is 2.53. The van der Waals surface area contributed by atoms with Crippen LogP contribution in [0.2, 0.25) is 0 Å². The summed E-state index contributed by atoms with van der Waals surface area (Å²) < 4.78 is 0. The Morgan fingerprint density at radius 1 is 1.30 bits per heavy atom. The minimum Gasteiger partial charge on any atom is -0.306 e. The van der Waals surface area contributed by atoms with Crippen molar-refractivity contribution in [3.63, 3.8) is 0 Å². The first-order valence-corrected chi connectivity index (χ1v) is 8.94. The molecule has 0 aliphatic carbocycles. The number of nitrogens with zero attached hydrogens (tertiary/aromatic N) is 2. The normalized spacial score (nSPS) is 16.7. The first kappa shape index (κ1) is 21.8. The lowest BCUT2D eigenvalue weighted by molar-refractivity contribution is -0.106. The molecule has 3 heteroatoms. The van der Waals surface area contributed by atoms with E-state index in [1.165, 1.54) is 44.8 Å². The summed E-state index contributed by atoms with van der Waals surface area (Å²) in [5, 5.41) is 0. The zero-order valence-corrected chi connectivity index (χ0v) is 16.2. The van der Waals surface area contributed by atoms with Crippen molar-refractivity contribution in [1.29, 1.82) is 0 Å². The van der Waals surface area contributed by atoms with Crippen molar-refractivity contribution >= 4 is 6.29 Å². The first-order valence-electron chi connectivity index (χ1n) is 8.94. The topological polar surface area (TPSA) is 33.2 Å². The predicted molar refractivity (Wildman–Crippen MR) is 99.9 cm³/mol. The van der Waals surface area contributed by atoms with E-state index in [0.717, 1.165) is 12.2 Å². The predicted octanol–water partition coefficient (Wildman–Crippen LogP) is 4.63. The average molecular weight is 321 g/mol. The van der Waals surface area contributed by atoms with Crippen LogP contribution < -0.4 is 0 Å². The maximum absolute atomic E-state index is 8.81. The summed E-state index contributed by atoms with van der Waals surface area (Å²) in [5.41, 5.74) is 3.29. The summed E-state index contributed by atoms with van der Waals surface area (Å²) in [7, 11) is 2.23. The molecule has 0 amide bonds. The Labute approximate surface area is 143 Å². The fourth-order valence-electron chi connectivity index (χ4n) is 3.48. The van der Waals surface area contributed by atoms with Crippen molar-refractivity contribution in [2.24, 2.45) is 5.92 Å². The van der Waals surface area contributed by atoms with Gasteiger partial charge < -0.3 is 9.69 Å². The van der Waals surface area contributed by atoms with E-state index in [0.29, 0.717) is 5.41 Å². The molecule has 1 aliphatic heterocycles. The molecule has 0 N–H and O–H groups in total. The van der Waals surface area contributed by atoms with Gasteiger partial charge in [-0.15, -0.1) is 0 Å². The van der Waals surface area contributed by atoms with E-state index >= 15 is 0 Å². The smallest absolute Gasteiger partial charge is 0.116 e. The molecular weight excluding hydrogens is 284 g/mol. The summed E-state index contributed by atoms with van der Waals surface area (Å²) in [6, 6.07) is 2.25. The van der Waals surface area contributed by atoms with Crippen molar-refractivity contribution < 1.29 is 4.79 Å². The number of hydrogen-bond acceptors (Lipinski definition) is 3. The lowest BCUT2D eigenvalue weighted by Crippen LogP contribution is -2.42. The van der Waals surface area contributed by atoms with Crippen LogP contribution in [0.5, 0.6) is 0 Å². The summed E-state index contributed by atoms with van der Waals surface area (Å²) in [6.07, 6.45) is 8.60. The summed E-state index contributed by atoms with van der Waals surface area (Å²) in [6.45, 7) is 14.8. The number of carbonyl (C=O) groups is 1. The number of piperidine rings is 1. The molecule has 0 bridgehead atoms. The molecular formula is C20H36N2O. The SMILES string of the molecule is CC.CC=O.Cc1cnccc1C1(CC(C)C)CCN(C)CC1. The minimum absolute atomic E-state index is 0.383. The molecule has 23 heavy (non-hydrogen) atoms. The summed E-state index contributed by atoms with van der Waals surface area (Å²) in [4.78, 5) is 15.5. The maximum Gasteiger partial charge on any atom is 0.116 e. The fourth-order valence-corrected chi connectivity index (χ4v) is 3.48. The standard InChI is InChI=1S/C16H26N2.C2H4O.C2H6/c1-13(2)11-16(6-9-18(4)10-7-16)15-5-8-17-12-14(15)3;1-2-3;1-2/h5,8,12-13H,6-7,9-11H2,1-4H3;2H,1H3;1-2H3. The highest BCUT2D eigenvalue weighted by Gasteiger charge is 2.36. The van der Waals surface area contributed by atoms with Crippen LogP contribution >= 0.6 is 0 Å². The Balaban J connectivity index is 0.000000868. The van der Waals surface area contributed by atoms with Crippen LogP contribution in [0.1, 0.15) is 65.0 Å². The Hall–Kier alpha value is -1.22. The first-order chi connectivity index (χ1) is 10.9. The fraction of sp³-hybridized carbons (Fsp3) is 0.700. The molecule has 0 atom stereocenters. The monoisotopic (exact) mass is 320 g/mol. The molecule has 1 aromatic heterocycles. The quantitative estimate of drug-likeness (QED) is 0.761. The molecule has 0 saturated carbocycles.